The molecule has 1 amide bonds. The lowest BCUT2D eigenvalue weighted by atomic mass is 10.1. The SMILES string of the molecule is O=C(OC(=O)N1CCCCC1)c1ccc(Oc2ccc(C(F)(F)F)cc2)cc1. The van der Waals surface area contributed by atoms with Crippen LogP contribution in [0.3, 0.4) is 0 Å². The minimum atomic E-state index is -4.41. The van der Waals surface area contributed by atoms with Crippen LogP contribution in [0.4, 0.5) is 18.0 Å². The van der Waals surface area contributed by atoms with Crippen LogP contribution in [0.25, 0.3) is 0 Å². The first-order chi connectivity index (χ1) is 13.3. The maximum absolute atomic E-state index is 12.6. The van der Waals surface area contributed by atoms with Crippen molar-refractivity contribution in [3.05, 3.63) is 59.7 Å². The highest BCUT2D eigenvalue weighted by Crippen LogP contribution is 2.31. The van der Waals surface area contributed by atoms with E-state index in [2.05, 4.69) is 0 Å². The van der Waals surface area contributed by atoms with E-state index < -0.39 is 23.8 Å². The molecule has 0 bridgehead atoms. The van der Waals surface area contributed by atoms with Gasteiger partial charge in [0.15, 0.2) is 0 Å². The summed E-state index contributed by atoms with van der Waals surface area (Å²) in [5.74, 6) is -0.209. The van der Waals surface area contributed by atoms with Crippen LogP contribution in [-0.2, 0) is 10.9 Å². The third-order valence-electron chi connectivity index (χ3n) is 4.30. The summed E-state index contributed by atoms with van der Waals surface area (Å²) in [6.45, 7) is 1.15. The molecule has 8 heteroatoms. The van der Waals surface area contributed by atoms with Gasteiger partial charge in [-0.2, -0.15) is 13.2 Å². The highest BCUT2D eigenvalue weighted by atomic mass is 19.4. The van der Waals surface area contributed by atoms with Crippen LogP contribution >= 0.6 is 0 Å². The first-order valence-electron chi connectivity index (χ1n) is 8.79. The zero-order chi connectivity index (χ0) is 20.1. The molecule has 0 spiro atoms. The molecule has 0 aromatic heterocycles. The van der Waals surface area contributed by atoms with Gasteiger partial charge in [0.2, 0.25) is 0 Å². The largest absolute Gasteiger partial charge is 0.457 e. The second kappa shape index (κ2) is 8.33. The van der Waals surface area contributed by atoms with Gasteiger partial charge in [0.25, 0.3) is 0 Å². The Morgan fingerprint density at radius 2 is 1.36 bits per heavy atom. The van der Waals surface area contributed by atoms with Crippen LogP contribution in [0.5, 0.6) is 11.5 Å². The Morgan fingerprint density at radius 1 is 0.821 bits per heavy atom. The van der Waals surface area contributed by atoms with Gasteiger partial charge in [0, 0.05) is 13.1 Å². The van der Waals surface area contributed by atoms with Gasteiger partial charge in [-0.15, -0.1) is 0 Å². The average molecular weight is 393 g/mol. The number of hydrogen-bond donors (Lipinski definition) is 0. The minimum Gasteiger partial charge on any atom is -0.457 e. The lowest BCUT2D eigenvalue weighted by Gasteiger charge is -2.25. The number of esters is 1. The molecule has 1 saturated heterocycles. The van der Waals surface area contributed by atoms with Crippen molar-refractivity contribution in [3.8, 4) is 11.5 Å². The van der Waals surface area contributed by atoms with E-state index in [9.17, 15) is 22.8 Å². The fraction of sp³-hybridized carbons (Fsp3) is 0.300. The summed E-state index contributed by atoms with van der Waals surface area (Å²) < 4.78 is 48.0. The molecule has 0 N–H and O–H groups in total. The molecule has 1 aliphatic heterocycles. The highest BCUT2D eigenvalue weighted by Gasteiger charge is 2.30. The highest BCUT2D eigenvalue weighted by molar-refractivity contribution is 5.96. The summed E-state index contributed by atoms with van der Waals surface area (Å²) in [5.41, 5.74) is -0.596. The zero-order valence-electron chi connectivity index (χ0n) is 14.9. The number of benzene rings is 2. The quantitative estimate of drug-likeness (QED) is 0.527. The van der Waals surface area contributed by atoms with Crippen molar-refractivity contribution in [2.24, 2.45) is 0 Å². The van der Waals surface area contributed by atoms with Crippen molar-refractivity contribution in [2.45, 2.75) is 25.4 Å². The second-order valence-electron chi connectivity index (χ2n) is 6.35. The maximum Gasteiger partial charge on any atom is 0.417 e. The van der Waals surface area contributed by atoms with E-state index in [4.69, 9.17) is 9.47 Å². The Labute approximate surface area is 159 Å². The number of piperidine rings is 1. The van der Waals surface area contributed by atoms with E-state index in [-0.39, 0.29) is 11.3 Å². The number of likely N-dealkylation sites (tertiary alicyclic amines) is 1. The Hall–Kier alpha value is -3.03. The summed E-state index contributed by atoms with van der Waals surface area (Å²) >= 11 is 0. The van der Waals surface area contributed by atoms with E-state index in [1.165, 1.54) is 41.3 Å². The number of carbonyl (C=O) groups excluding carboxylic acids is 2. The fourth-order valence-corrected chi connectivity index (χ4v) is 2.79. The van der Waals surface area contributed by atoms with Gasteiger partial charge < -0.3 is 14.4 Å². The number of hydrogen-bond acceptors (Lipinski definition) is 4. The Bertz CT molecular complexity index is 826. The standard InChI is InChI=1S/C20H18F3NO4/c21-20(22,23)15-6-10-17(11-7-15)27-16-8-4-14(5-9-16)18(25)28-19(26)24-12-2-1-3-13-24/h4-11H,1-3,12-13H2. The third-order valence-corrected chi connectivity index (χ3v) is 4.30. The maximum atomic E-state index is 12.6. The smallest absolute Gasteiger partial charge is 0.417 e. The number of rotatable bonds is 3. The molecule has 2 aromatic carbocycles. The molecule has 3 rings (SSSR count). The minimum absolute atomic E-state index is 0.171. The Balaban J connectivity index is 1.58. The average Bonchev–Trinajstić information content (AvgIpc) is 2.69. The van der Waals surface area contributed by atoms with E-state index in [1.54, 1.807) is 0 Å². The third kappa shape index (κ3) is 5.03. The first kappa shape index (κ1) is 19.7. The number of amides is 1. The lowest BCUT2D eigenvalue weighted by Crippen LogP contribution is -2.37. The van der Waals surface area contributed by atoms with Crippen molar-refractivity contribution in [1.29, 1.82) is 0 Å². The predicted molar refractivity (Wildman–Crippen MR) is 94.2 cm³/mol. The molecule has 0 unspecified atom stereocenters. The molecular weight excluding hydrogens is 375 g/mol. The molecule has 2 aromatic rings. The Morgan fingerprint density at radius 3 is 1.89 bits per heavy atom. The van der Waals surface area contributed by atoms with Gasteiger partial charge in [0.1, 0.15) is 11.5 Å². The molecule has 0 radical (unpaired) electrons. The predicted octanol–water partition coefficient (Wildman–Crippen LogP) is 5.26. The number of halogens is 3. The van der Waals surface area contributed by atoms with E-state index in [0.29, 0.717) is 18.8 Å². The molecule has 28 heavy (non-hydrogen) atoms. The van der Waals surface area contributed by atoms with E-state index >= 15 is 0 Å². The summed E-state index contributed by atoms with van der Waals surface area (Å²) in [6.07, 6.45) is -2.24. The van der Waals surface area contributed by atoms with E-state index in [0.717, 1.165) is 31.4 Å². The number of nitrogens with zero attached hydrogens (tertiary/aromatic N) is 1. The molecule has 5 nitrogen and oxygen atoms in total. The van der Waals surface area contributed by atoms with Gasteiger partial charge in [-0.05, 0) is 67.8 Å². The van der Waals surface area contributed by atoms with Crippen LogP contribution in [-0.4, -0.2) is 30.1 Å². The summed E-state index contributed by atoms with van der Waals surface area (Å²) in [7, 11) is 0. The zero-order valence-corrected chi connectivity index (χ0v) is 14.9. The molecule has 1 aliphatic rings. The number of ether oxygens (including phenoxy) is 2. The Kier molecular flexibility index (Phi) is 5.87. The summed E-state index contributed by atoms with van der Waals surface area (Å²) in [6, 6.07) is 10.1. The monoisotopic (exact) mass is 393 g/mol. The van der Waals surface area contributed by atoms with Gasteiger partial charge >= 0.3 is 18.2 Å². The van der Waals surface area contributed by atoms with Crippen molar-refractivity contribution in [2.75, 3.05) is 13.1 Å². The van der Waals surface area contributed by atoms with Crippen LogP contribution in [0.15, 0.2) is 48.5 Å². The normalized spacial score (nSPS) is 14.5. The first-order valence-corrected chi connectivity index (χ1v) is 8.79. The molecule has 0 saturated carbocycles. The molecule has 1 fully saturated rings. The second-order valence-corrected chi connectivity index (χ2v) is 6.35. The van der Waals surface area contributed by atoms with Gasteiger partial charge in [-0.25, -0.2) is 9.59 Å². The van der Waals surface area contributed by atoms with Crippen molar-refractivity contribution >= 4 is 12.1 Å². The van der Waals surface area contributed by atoms with Crippen molar-refractivity contribution in [3.63, 3.8) is 0 Å². The van der Waals surface area contributed by atoms with E-state index in [1.807, 2.05) is 0 Å². The van der Waals surface area contributed by atoms with Crippen LogP contribution < -0.4 is 4.74 Å². The molecular formula is C20H18F3NO4. The van der Waals surface area contributed by atoms with Gasteiger partial charge in [-0.1, -0.05) is 0 Å². The van der Waals surface area contributed by atoms with Gasteiger partial charge in [0.05, 0.1) is 11.1 Å². The molecule has 0 atom stereocenters. The van der Waals surface area contributed by atoms with Crippen LogP contribution in [0.2, 0.25) is 0 Å². The molecule has 1 heterocycles. The summed E-state index contributed by atoms with van der Waals surface area (Å²) in [5, 5.41) is 0. The van der Waals surface area contributed by atoms with Crippen LogP contribution in [0.1, 0.15) is 35.2 Å². The lowest BCUT2D eigenvalue weighted by molar-refractivity contribution is -0.137. The van der Waals surface area contributed by atoms with Crippen molar-refractivity contribution in [1.82, 2.24) is 4.90 Å². The molecule has 0 aliphatic carbocycles. The topological polar surface area (TPSA) is 55.8 Å². The summed E-state index contributed by atoms with van der Waals surface area (Å²) in [4.78, 5) is 25.6. The number of carbonyl (C=O) groups is 2. The van der Waals surface area contributed by atoms with Crippen molar-refractivity contribution < 1.29 is 32.2 Å². The number of alkyl halides is 3. The fourth-order valence-electron chi connectivity index (χ4n) is 2.79. The van der Waals surface area contributed by atoms with Gasteiger partial charge in [-0.3, -0.25) is 0 Å². The van der Waals surface area contributed by atoms with Crippen LogP contribution in [0, 0.1) is 0 Å². The molecule has 148 valence electrons.